The van der Waals surface area contributed by atoms with Gasteiger partial charge in [0.25, 0.3) is 5.91 Å². The van der Waals surface area contributed by atoms with Gasteiger partial charge in [0.1, 0.15) is 5.82 Å². The van der Waals surface area contributed by atoms with E-state index in [1.54, 1.807) is 12.1 Å². The Balaban J connectivity index is 2.18. The van der Waals surface area contributed by atoms with E-state index in [4.69, 9.17) is 17.3 Å². The largest absolute Gasteiger partial charge is 0.366 e. The van der Waals surface area contributed by atoms with E-state index < -0.39 is 5.91 Å². The first-order chi connectivity index (χ1) is 13.9. The van der Waals surface area contributed by atoms with E-state index in [-0.39, 0.29) is 5.82 Å². The van der Waals surface area contributed by atoms with Crippen LogP contribution in [-0.4, -0.2) is 10.5 Å². The Kier molecular flexibility index (Phi) is 6.75. The van der Waals surface area contributed by atoms with Crippen molar-refractivity contribution in [2.24, 2.45) is 5.73 Å². The summed E-state index contributed by atoms with van der Waals surface area (Å²) in [5, 5.41) is 0.675. The number of unbranched alkanes of at least 4 members (excludes halogenated alkanes) is 2. The first-order valence-corrected chi connectivity index (χ1v) is 10.3. The second kappa shape index (κ2) is 9.27. The zero-order valence-corrected chi connectivity index (χ0v) is 17.6. The Morgan fingerprint density at radius 3 is 2.48 bits per heavy atom. The van der Waals surface area contributed by atoms with Crippen LogP contribution in [0.3, 0.4) is 0 Å². The van der Waals surface area contributed by atoms with Gasteiger partial charge in [-0.05, 0) is 55.2 Å². The molecule has 2 N–H and O–H groups in total. The molecule has 0 unspecified atom stereocenters. The summed E-state index contributed by atoms with van der Waals surface area (Å²) < 4.78 is 15.7. The number of nitrogens with two attached hydrogens (primary N) is 1. The van der Waals surface area contributed by atoms with Crippen molar-refractivity contribution in [3.05, 3.63) is 81.9 Å². The van der Waals surface area contributed by atoms with Crippen LogP contribution in [-0.2, 0) is 13.0 Å². The summed E-state index contributed by atoms with van der Waals surface area (Å²) in [7, 11) is 0. The van der Waals surface area contributed by atoms with Crippen LogP contribution in [0.5, 0.6) is 0 Å². The molecule has 0 fully saturated rings. The monoisotopic (exact) mass is 412 g/mol. The van der Waals surface area contributed by atoms with Gasteiger partial charge in [-0.15, -0.1) is 0 Å². The summed E-state index contributed by atoms with van der Waals surface area (Å²) in [4.78, 5) is 12.4. The fraction of sp³-hybridized carbons (Fsp3) is 0.292. The second-order valence-corrected chi connectivity index (χ2v) is 7.76. The fourth-order valence-corrected chi connectivity index (χ4v) is 4.07. The summed E-state index contributed by atoms with van der Waals surface area (Å²) in [5.74, 6) is -0.777. The molecule has 0 aliphatic carbocycles. The predicted molar refractivity (Wildman–Crippen MR) is 117 cm³/mol. The van der Waals surface area contributed by atoms with Crippen LogP contribution in [0.15, 0.2) is 48.5 Å². The zero-order chi connectivity index (χ0) is 21.0. The van der Waals surface area contributed by atoms with Gasteiger partial charge in [-0.2, -0.15) is 0 Å². The number of amides is 1. The third-order valence-corrected chi connectivity index (χ3v) is 5.49. The number of carbonyl (C=O) groups is 1. The minimum absolute atomic E-state index is 0.308. The molecule has 3 rings (SSSR count). The molecule has 3 nitrogen and oxygen atoms in total. The molecule has 29 heavy (non-hydrogen) atoms. The lowest BCUT2D eigenvalue weighted by atomic mass is 9.97. The van der Waals surface area contributed by atoms with Crippen molar-refractivity contribution in [3.8, 4) is 11.1 Å². The maximum absolute atomic E-state index is 13.5. The molecule has 0 atom stereocenters. The number of carbonyl (C=O) groups excluding carboxylic acids is 1. The van der Waals surface area contributed by atoms with Gasteiger partial charge in [0, 0.05) is 28.5 Å². The summed E-state index contributed by atoms with van der Waals surface area (Å²) in [6.45, 7) is 4.67. The molecule has 0 radical (unpaired) electrons. The van der Waals surface area contributed by atoms with E-state index in [9.17, 15) is 9.18 Å². The van der Waals surface area contributed by atoms with Gasteiger partial charge < -0.3 is 10.3 Å². The lowest BCUT2D eigenvalue weighted by molar-refractivity contribution is 0.1000. The molecule has 1 heterocycles. The first kappa shape index (κ1) is 21.1. The maximum Gasteiger partial charge on any atom is 0.251 e. The predicted octanol–water partition coefficient (Wildman–Crippen LogP) is 6.14. The van der Waals surface area contributed by atoms with Crippen molar-refractivity contribution in [3.63, 3.8) is 0 Å². The highest BCUT2D eigenvalue weighted by Crippen LogP contribution is 2.34. The average molecular weight is 413 g/mol. The topological polar surface area (TPSA) is 48.0 Å². The van der Waals surface area contributed by atoms with Crippen molar-refractivity contribution >= 4 is 17.5 Å². The Bertz CT molecular complexity index is 1010. The molecule has 0 saturated heterocycles. The number of benzene rings is 2. The molecule has 0 aliphatic heterocycles. The van der Waals surface area contributed by atoms with E-state index in [2.05, 4.69) is 11.5 Å². The van der Waals surface area contributed by atoms with Crippen molar-refractivity contribution in [1.29, 1.82) is 0 Å². The normalized spacial score (nSPS) is 11.0. The molecule has 0 aliphatic rings. The molecule has 0 bridgehead atoms. The number of aromatic nitrogens is 1. The van der Waals surface area contributed by atoms with Crippen LogP contribution in [0.1, 0.15) is 53.5 Å². The van der Waals surface area contributed by atoms with Crippen molar-refractivity contribution in [2.75, 3.05) is 0 Å². The van der Waals surface area contributed by atoms with E-state index in [0.29, 0.717) is 17.1 Å². The maximum atomic E-state index is 13.5. The summed E-state index contributed by atoms with van der Waals surface area (Å²) in [6, 6.07) is 14.0. The molecule has 5 heteroatoms. The van der Waals surface area contributed by atoms with Crippen molar-refractivity contribution in [2.45, 2.75) is 46.1 Å². The minimum Gasteiger partial charge on any atom is -0.366 e. The summed E-state index contributed by atoms with van der Waals surface area (Å²) in [6.07, 6.45) is 4.01. The highest BCUT2D eigenvalue weighted by molar-refractivity contribution is 6.30. The Labute approximate surface area is 176 Å². The van der Waals surface area contributed by atoms with Crippen LogP contribution < -0.4 is 5.73 Å². The molecule has 1 aromatic heterocycles. The van der Waals surface area contributed by atoms with Crippen molar-refractivity contribution in [1.82, 2.24) is 4.57 Å². The highest BCUT2D eigenvalue weighted by Gasteiger charge is 2.24. The van der Waals surface area contributed by atoms with E-state index in [1.807, 2.05) is 31.2 Å². The molecular formula is C24H26ClFN2O. The van der Waals surface area contributed by atoms with Crippen molar-refractivity contribution < 1.29 is 9.18 Å². The standard InChI is InChI=1S/C24H26ClFN2O/c1-3-4-5-9-21-23(18-10-12-20(26)13-11-18)22(24(27)29)16(2)28(21)15-17-7-6-8-19(25)14-17/h6-8,10-14H,3-5,9,15H2,1-2H3,(H2,27,29). The van der Waals surface area contributed by atoms with Gasteiger partial charge in [0.15, 0.2) is 0 Å². The Morgan fingerprint density at radius 1 is 1.14 bits per heavy atom. The van der Waals surface area contributed by atoms with Crippen LogP contribution in [0, 0.1) is 12.7 Å². The van der Waals surface area contributed by atoms with Gasteiger partial charge in [0.05, 0.1) is 5.56 Å². The summed E-state index contributed by atoms with van der Waals surface area (Å²) in [5.41, 5.74) is 10.8. The smallest absolute Gasteiger partial charge is 0.251 e. The SMILES string of the molecule is CCCCCc1c(-c2ccc(F)cc2)c(C(N)=O)c(C)n1Cc1cccc(Cl)c1. The Hall–Kier alpha value is -2.59. The number of hydrogen-bond donors (Lipinski definition) is 1. The lowest BCUT2D eigenvalue weighted by Crippen LogP contribution is -2.13. The van der Waals surface area contributed by atoms with Gasteiger partial charge in [0.2, 0.25) is 0 Å². The van der Waals surface area contributed by atoms with Crippen LogP contribution >= 0.6 is 11.6 Å². The van der Waals surface area contributed by atoms with E-state index in [0.717, 1.165) is 53.8 Å². The van der Waals surface area contributed by atoms with E-state index >= 15 is 0 Å². The van der Waals surface area contributed by atoms with Gasteiger partial charge in [-0.25, -0.2) is 4.39 Å². The second-order valence-electron chi connectivity index (χ2n) is 7.33. The molecule has 1 amide bonds. The number of nitrogens with zero attached hydrogens (tertiary/aromatic N) is 1. The van der Waals surface area contributed by atoms with Crippen LogP contribution in [0.4, 0.5) is 4.39 Å². The summed E-state index contributed by atoms with van der Waals surface area (Å²) >= 11 is 6.17. The Morgan fingerprint density at radius 2 is 1.86 bits per heavy atom. The van der Waals surface area contributed by atoms with Gasteiger partial charge in [-0.3, -0.25) is 4.79 Å². The number of hydrogen-bond acceptors (Lipinski definition) is 1. The molecular weight excluding hydrogens is 387 g/mol. The molecule has 2 aromatic carbocycles. The molecule has 3 aromatic rings. The quantitative estimate of drug-likeness (QED) is 0.444. The van der Waals surface area contributed by atoms with E-state index in [1.165, 1.54) is 12.1 Å². The highest BCUT2D eigenvalue weighted by atomic mass is 35.5. The molecule has 0 spiro atoms. The fourth-order valence-electron chi connectivity index (χ4n) is 3.86. The number of primary amides is 1. The molecule has 152 valence electrons. The third kappa shape index (κ3) is 4.70. The molecule has 0 saturated carbocycles. The number of rotatable bonds is 8. The van der Waals surface area contributed by atoms with Crippen LogP contribution in [0.25, 0.3) is 11.1 Å². The van der Waals surface area contributed by atoms with Crippen LogP contribution in [0.2, 0.25) is 5.02 Å². The lowest BCUT2D eigenvalue weighted by Gasteiger charge is -2.14. The average Bonchev–Trinajstić information content (AvgIpc) is 2.95. The van der Waals surface area contributed by atoms with Gasteiger partial charge >= 0.3 is 0 Å². The minimum atomic E-state index is -0.469. The zero-order valence-electron chi connectivity index (χ0n) is 16.8. The third-order valence-electron chi connectivity index (χ3n) is 5.26. The first-order valence-electron chi connectivity index (χ1n) is 9.94. The van der Waals surface area contributed by atoms with Gasteiger partial charge in [-0.1, -0.05) is 55.6 Å². The number of halogens is 2.